The lowest BCUT2D eigenvalue weighted by Gasteiger charge is -2.22. The molecule has 0 fully saturated rings. The Bertz CT molecular complexity index is 137. The van der Waals surface area contributed by atoms with Crippen LogP contribution in [0, 0.1) is 0 Å². The molecule has 72 valence electrons. The van der Waals surface area contributed by atoms with Crippen molar-refractivity contribution in [2.24, 2.45) is 5.73 Å². The van der Waals surface area contributed by atoms with E-state index < -0.39 is 12.3 Å². The van der Waals surface area contributed by atoms with Gasteiger partial charge < -0.3 is 20.1 Å². The molecule has 2 N–H and O–H groups in total. The van der Waals surface area contributed by atoms with Crippen LogP contribution in [0.3, 0.4) is 0 Å². The highest BCUT2D eigenvalue weighted by Gasteiger charge is 2.13. The van der Waals surface area contributed by atoms with Gasteiger partial charge in [0.05, 0.1) is 6.54 Å². The summed E-state index contributed by atoms with van der Waals surface area (Å²) in [5, 5.41) is 0. The third-order valence-corrected chi connectivity index (χ3v) is 1.59. The Labute approximate surface area is 72.4 Å². The maximum Gasteiger partial charge on any atom is 0.314 e. The van der Waals surface area contributed by atoms with Crippen molar-refractivity contribution in [3.8, 4) is 0 Å². The summed E-state index contributed by atoms with van der Waals surface area (Å²) in [5.41, 5.74) is 5.08. The zero-order valence-electron chi connectivity index (χ0n) is 7.74. The molecule has 0 saturated carbocycles. The first-order valence-corrected chi connectivity index (χ1v) is 3.75. The van der Waals surface area contributed by atoms with Crippen LogP contribution in [0.5, 0.6) is 0 Å². The molecule has 5 nitrogen and oxygen atoms in total. The molecule has 0 saturated heterocycles. The van der Waals surface area contributed by atoms with E-state index in [9.17, 15) is 4.79 Å². The Morgan fingerprint density at radius 3 is 2.25 bits per heavy atom. The Morgan fingerprint density at radius 1 is 1.50 bits per heavy atom. The van der Waals surface area contributed by atoms with Crippen molar-refractivity contribution in [2.75, 3.05) is 27.3 Å². The molecule has 5 heteroatoms. The zero-order chi connectivity index (χ0) is 9.56. The van der Waals surface area contributed by atoms with Crippen molar-refractivity contribution in [1.29, 1.82) is 0 Å². The van der Waals surface area contributed by atoms with E-state index in [1.165, 1.54) is 19.1 Å². The molecule has 0 spiro atoms. The summed E-state index contributed by atoms with van der Waals surface area (Å²) in [5.74, 6) is 0. The summed E-state index contributed by atoms with van der Waals surface area (Å²) in [6, 6.07) is -0.461. The molecule has 2 amide bonds. The number of nitrogens with two attached hydrogens (primary N) is 1. The molecular weight excluding hydrogens is 160 g/mol. The van der Waals surface area contributed by atoms with Crippen LogP contribution in [0.4, 0.5) is 4.79 Å². The fourth-order valence-electron chi connectivity index (χ4n) is 0.800. The van der Waals surface area contributed by atoms with Gasteiger partial charge in [-0.3, -0.25) is 0 Å². The van der Waals surface area contributed by atoms with Crippen molar-refractivity contribution in [3.05, 3.63) is 0 Å². The van der Waals surface area contributed by atoms with E-state index in [-0.39, 0.29) is 0 Å². The number of carbonyl (C=O) groups is 1. The third-order valence-electron chi connectivity index (χ3n) is 1.59. The highest BCUT2D eigenvalue weighted by atomic mass is 16.7. The van der Waals surface area contributed by atoms with Gasteiger partial charge in [-0.05, 0) is 6.92 Å². The predicted octanol–water partition coefficient (Wildman–Crippen LogP) is 0.00590. The van der Waals surface area contributed by atoms with Crippen LogP contribution in [-0.4, -0.2) is 44.5 Å². The molecule has 0 heterocycles. The number of likely N-dealkylation sites (N-methyl/N-ethyl adjacent to an activating group) is 1. The van der Waals surface area contributed by atoms with Gasteiger partial charge in [-0.1, -0.05) is 0 Å². The van der Waals surface area contributed by atoms with Crippen LogP contribution >= 0.6 is 0 Å². The monoisotopic (exact) mass is 176 g/mol. The first kappa shape index (κ1) is 11.2. The Morgan fingerprint density at radius 2 is 2.00 bits per heavy atom. The third kappa shape index (κ3) is 3.54. The Balaban J connectivity index is 3.91. The maximum absolute atomic E-state index is 10.7. The predicted molar refractivity (Wildman–Crippen MR) is 44.6 cm³/mol. The first-order valence-electron chi connectivity index (χ1n) is 3.75. The SMILES string of the molecule is CCN(CC(OC)OC)C(N)=O. The number of urea groups is 1. The summed E-state index contributed by atoms with van der Waals surface area (Å²) >= 11 is 0. The van der Waals surface area contributed by atoms with Gasteiger partial charge >= 0.3 is 6.03 Å². The highest BCUT2D eigenvalue weighted by molar-refractivity contribution is 5.71. The van der Waals surface area contributed by atoms with Crippen molar-refractivity contribution in [2.45, 2.75) is 13.2 Å². The van der Waals surface area contributed by atoms with Gasteiger partial charge in [0.1, 0.15) is 0 Å². The largest absolute Gasteiger partial charge is 0.354 e. The van der Waals surface area contributed by atoms with Gasteiger partial charge in [0, 0.05) is 20.8 Å². The molecule has 0 aromatic carbocycles. The number of hydrogen-bond donors (Lipinski definition) is 1. The van der Waals surface area contributed by atoms with Gasteiger partial charge in [-0.2, -0.15) is 0 Å². The van der Waals surface area contributed by atoms with Crippen molar-refractivity contribution in [1.82, 2.24) is 4.90 Å². The number of nitrogens with zero attached hydrogens (tertiary/aromatic N) is 1. The van der Waals surface area contributed by atoms with Crippen molar-refractivity contribution in [3.63, 3.8) is 0 Å². The molecule has 0 aromatic heterocycles. The quantitative estimate of drug-likeness (QED) is 0.600. The van der Waals surface area contributed by atoms with E-state index in [1.807, 2.05) is 6.92 Å². The summed E-state index contributed by atoms with van der Waals surface area (Å²) in [7, 11) is 3.03. The molecule has 0 aliphatic heterocycles. The Kier molecular flexibility index (Phi) is 5.40. The van der Waals surface area contributed by atoms with Crippen molar-refractivity contribution < 1.29 is 14.3 Å². The zero-order valence-corrected chi connectivity index (χ0v) is 7.74. The number of rotatable bonds is 5. The average Bonchev–Trinajstić information content (AvgIpc) is 2.06. The van der Waals surface area contributed by atoms with E-state index in [0.717, 1.165) is 0 Å². The van der Waals surface area contributed by atoms with Crippen LogP contribution < -0.4 is 5.73 Å². The lowest BCUT2D eigenvalue weighted by atomic mass is 10.5. The number of amides is 2. The average molecular weight is 176 g/mol. The standard InChI is InChI=1S/C7H16N2O3/c1-4-9(7(8)10)5-6(11-2)12-3/h6H,4-5H2,1-3H3,(H2,8,10). The minimum absolute atomic E-state index is 0.360. The summed E-state index contributed by atoms with van der Waals surface area (Å²) in [6.07, 6.45) is -0.405. The molecule has 0 unspecified atom stereocenters. The molecule has 0 atom stereocenters. The van der Waals surface area contributed by atoms with Gasteiger partial charge in [0.25, 0.3) is 0 Å². The normalized spacial score (nSPS) is 10.3. The van der Waals surface area contributed by atoms with Crippen LogP contribution in [0.15, 0.2) is 0 Å². The molecule has 12 heavy (non-hydrogen) atoms. The molecule has 0 bridgehead atoms. The Hall–Kier alpha value is -0.810. The lowest BCUT2D eigenvalue weighted by Crippen LogP contribution is -2.41. The first-order chi connectivity index (χ1) is 5.65. The number of primary amides is 1. The topological polar surface area (TPSA) is 64.8 Å². The summed E-state index contributed by atoms with van der Waals surface area (Å²) in [6.45, 7) is 2.75. The van der Waals surface area contributed by atoms with Crippen LogP contribution in [0.2, 0.25) is 0 Å². The molecule has 0 aliphatic carbocycles. The molecular formula is C7H16N2O3. The molecule has 0 aromatic rings. The number of carbonyl (C=O) groups excluding carboxylic acids is 1. The fourth-order valence-corrected chi connectivity index (χ4v) is 0.800. The van der Waals surface area contributed by atoms with Crippen LogP contribution in [0.1, 0.15) is 6.92 Å². The van der Waals surface area contributed by atoms with Gasteiger partial charge in [0.15, 0.2) is 6.29 Å². The van der Waals surface area contributed by atoms with E-state index in [4.69, 9.17) is 15.2 Å². The number of methoxy groups -OCH3 is 2. The summed E-state index contributed by atoms with van der Waals surface area (Å²) in [4.78, 5) is 12.2. The lowest BCUT2D eigenvalue weighted by molar-refractivity contribution is -0.110. The van der Waals surface area contributed by atoms with Crippen LogP contribution in [-0.2, 0) is 9.47 Å². The van der Waals surface area contributed by atoms with Crippen molar-refractivity contribution >= 4 is 6.03 Å². The van der Waals surface area contributed by atoms with Gasteiger partial charge in [0.2, 0.25) is 0 Å². The second-order valence-electron chi connectivity index (χ2n) is 2.28. The molecule has 0 radical (unpaired) electrons. The maximum atomic E-state index is 10.7. The van der Waals surface area contributed by atoms with E-state index in [1.54, 1.807) is 0 Å². The van der Waals surface area contributed by atoms with Gasteiger partial charge in [-0.25, -0.2) is 4.79 Å². The van der Waals surface area contributed by atoms with E-state index in [2.05, 4.69) is 0 Å². The second kappa shape index (κ2) is 5.79. The minimum atomic E-state index is -0.461. The van der Waals surface area contributed by atoms with Gasteiger partial charge in [-0.15, -0.1) is 0 Å². The molecule has 0 aliphatic rings. The fraction of sp³-hybridized carbons (Fsp3) is 0.857. The van der Waals surface area contributed by atoms with Crippen LogP contribution in [0.25, 0.3) is 0 Å². The molecule has 0 rings (SSSR count). The minimum Gasteiger partial charge on any atom is -0.354 e. The highest BCUT2D eigenvalue weighted by Crippen LogP contribution is 1.96. The van der Waals surface area contributed by atoms with E-state index >= 15 is 0 Å². The summed E-state index contributed by atoms with van der Waals surface area (Å²) < 4.78 is 9.82. The van der Waals surface area contributed by atoms with E-state index in [0.29, 0.717) is 13.1 Å². The number of ether oxygens (including phenoxy) is 2. The number of hydrogen-bond acceptors (Lipinski definition) is 3. The smallest absolute Gasteiger partial charge is 0.314 e. The second-order valence-corrected chi connectivity index (χ2v) is 2.28.